The van der Waals surface area contributed by atoms with Gasteiger partial charge in [0.1, 0.15) is 0 Å². The molecule has 0 heterocycles. The second-order valence-electron chi connectivity index (χ2n) is 4.56. The fraction of sp³-hybridized carbons (Fsp3) is 0.571. The zero-order chi connectivity index (χ0) is 12.3. The van der Waals surface area contributed by atoms with E-state index >= 15 is 0 Å². The Bertz CT molecular complexity index is 372. The van der Waals surface area contributed by atoms with Crippen molar-refractivity contribution >= 4 is 15.9 Å². The predicted octanol–water partition coefficient (Wildman–Crippen LogP) is 4.33. The van der Waals surface area contributed by atoms with Gasteiger partial charge in [0, 0.05) is 4.83 Å². The van der Waals surface area contributed by atoms with Gasteiger partial charge in [-0.05, 0) is 36.5 Å². The Hall–Kier alpha value is -0.700. The maximum absolute atomic E-state index is 5.34. The van der Waals surface area contributed by atoms with E-state index in [0.29, 0.717) is 4.83 Å². The summed E-state index contributed by atoms with van der Waals surface area (Å²) in [5.74, 6) is 2.36. The first-order valence-corrected chi connectivity index (χ1v) is 7.04. The van der Waals surface area contributed by atoms with Crippen LogP contribution in [0.15, 0.2) is 18.2 Å². The normalized spacial score (nSPS) is 18.1. The summed E-state index contributed by atoms with van der Waals surface area (Å²) in [5, 5.41) is 0. The molecule has 0 aliphatic heterocycles. The van der Waals surface area contributed by atoms with Crippen LogP contribution < -0.4 is 9.47 Å². The molecule has 1 saturated carbocycles. The van der Waals surface area contributed by atoms with E-state index < -0.39 is 0 Å². The monoisotopic (exact) mass is 298 g/mol. The predicted molar refractivity (Wildman–Crippen MR) is 73.2 cm³/mol. The summed E-state index contributed by atoms with van der Waals surface area (Å²) in [4.78, 5) is 0.435. The highest BCUT2D eigenvalue weighted by Gasteiger charge is 2.24. The number of ether oxygens (including phenoxy) is 2. The molecule has 1 fully saturated rings. The van der Waals surface area contributed by atoms with Crippen molar-refractivity contribution in [2.24, 2.45) is 5.92 Å². The molecule has 1 aromatic rings. The lowest BCUT2D eigenvalue weighted by Crippen LogP contribution is -2.03. The smallest absolute Gasteiger partial charge is 0.161 e. The van der Waals surface area contributed by atoms with E-state index in [-0.39, 0.29) is 0 Å². The molecule has 0 radical (unpaired) electrons. The van der Waals surface area contributed by atoms with Crippen molar-refractivity contribution in [2.45, 2.75) is 30.5 Å². The minimum Gasteiger partial charge on any atom is -0.493 e. The molecule has 1 atom stereocenters. The van der Waals surface area contributed by atoms with Gasteiger partial charge >= 0.3 is 0 Å². The molecule has 3 heteroatoms. The van der Waals surface area contributed by atoms with Crippen LogP contribution in [0, 0.1) is 5.92 Å². The molecule has 1 aliphatic rings. The minimum absolute atomic E-state index is 0.435. The summed E-state index contributed by atoms with van der Waals surface area (Å²) in [5.41, 5.74) is 1.29. The molecular weight excluding hydrogens is 280 g/mol. The Balaban J connectivity index is 2.20. The summed E-state index contributed by atoms with van der Waals surface area (Å²) in [7, 11) is 3.35. The maximum Gasteiger partial charge on any atom is 0.161 e. The van der Waals surface area contributed by atoms with E-state index in [1.165, 1.54) is 31.2 Å². The van der Waals surface area contributed by atoms with E-state index in [1.54, 1.807) is 14.2 Å². The molecule has 0 aromatic heterocycles. The molecular formula is C14H19BrO2. The number of benzene rings is 1. The van der Waals surface area contributed by atoms with Gasteiger partial charge in [-0.15, -0.1) is 0 Å². The Labute approximate surface area is 111 Å². The zero-order valence-corrected chi connectivity index (χ0v) is 12.0. The van der Waals surface area contributed by atoms with Crippen LogP contribution in [0.1, 0.15) is 36.1 Å². The number of hydrogen-bond acceptors (Lipinski definition) is 2. The van der Waals surface area contributed by atoms with Crippen LogP contribution in [0.5, 0.6) is 11.5 Å². The third-order valence-electron chi connectivity index (χ3n) is 3.54. The first-order valence-electron chi connectivity index (χ1n) is 6.12. The van der Waals surface area contributed by atoms with Crippen molar-refractivity contribution < 1.29 is 9.47 Å². The molecule has 0 spiro atoms. The highest BCUT2D eigenvalue weighted by atomic mass is 79.9. The van der Waals surface area contributed by atoms with Crippen LogP contribution in [-0.2, 0) is 0 Å². The van der Waals surface area contributed by atoms with E-state index in [9.17, 15) is 0 Å². The largest absolute Gasteiger partial charge is 0.493 e. The van der Waals surface area contributed by atoms with Crippen LogP contribution in [0.2, 0.25) is 0 Å². The van der Waals surface area contributed by atoms with Crippen LogP contribution in [0.3, 0.4) is 0 Å². The number of methoxy groups -OCH3 is 2. The fourth-order valence-electron chi connectivity index (χ4n) is 2.55. The fourth-order valence-corrected chi connectivity index (χ4v) is 3.36. The molecule has 94 valence electrons. The van der Waals surface area contributed by atoms with Crippen molar-refractivity contribution in [2.75, 3.05) is 14.2 Å². The second-order valence-corrected chi connectivity index (χ2v) is 5.55. The molecule has 1 unspecified atom stereocenters. The Morgan fingerprint density at radius 2 is 1.76 bits per heavy atom. The van der Waals surface area contributed by atoms with Gasteiger partial charge in [-0.25, -0.2) is 0 Å². The Morgan fingerprint density at radius 1 is 1.12 bits per heavy atom. The quantitative estimate of drug-likeness (QED) is 0.770. The lowest BCUT2D eigenvalue weighted by molar-refractivity contribution is 0.354. The van der Waals surface area contributed by atoms with E-state index in [4.69, 9.17) is 9.47 Å². The van der Waals surface area contributed by atoms with Crippen LogP contribution in [0.25, 0.3) is 0 Å². The van der Waals surface area contributed by atoms with Gasteiger partial charge in [-0.3, -0.25) is 0 Å². The highest BCUT2D eigenvalue weighted by molar-refractivity contribution is 9.09. The van der Waals surface area contributed by atoms with Crippen molar-refractivity contribution in [3.05, 3.63) is 23.8 Å². The van der Waals surface area contributed by atoms with Gasteiger partial charge < -0.3 is 9.47 Å². The second kappa shape index (κ2) is 5.76. The number of hydrogen-bond donors (Lipinski definition) is 0. The van der Waals surface area contributed by atoms with Crippen molar-refractivity contribution in [3.8, 4) is 11.5 Å². The van der Waals surface area contributed by atoms with Crippen LogP contribution >= 0.6 is 15.9 Å². The average molecular weight is 299 g/mol. The molecule has 0 N–H and O–H groups in total. The summed E-state index contributed by atoms with van der Waals surface area (Å²) >= 11 is 3.83. The van der Waals surface area contributed by atoms with E-state index in [0.717, 1.165) is 17.4 Å². The van der Waals surface area contributed by atoms with Gasteiger partial charge in [0.15, 0.2) is 11.5 Å². The van der Waals surface area contributed by atoms with Gasteiger partial charge in [-0.2, -0.15) is 0 Å². The van der Waals surface area contributed by atoms with Gasteiger partial charge in [0.2, 0.25) is 0 Å². The van der Waals surface area contributed by atoms with Crippen molar-refractivity contribution in [3.63, 3.8) is 0 Å². The number of alkyl halides is 1. The van der Waals surface area contributed by atoms with E-state index in [2.05, 4.69) is 28.1 Å². The molecule has 0 bridgehead atoms. The molecule has 17 heavy (non-hydrogen) atoms. The lowest BCUT2D eigenvalue weighted by Gasteiger charge is -2.19. The SMILES string of the molecule is COc1ccc(C(Br)C2CCCC2)cc1OC. The van der Waals surface area contributed by atoms with E-state index in [1.807, 2.05) is 6.07 Å². The van der Waals surface area contributed by atoms with Crippen LogP contribution in [-0.4, -0.2) is 14.2 Å². The molecule has 2 nitrogen and oxygen atoms in total. The summed E-state index contributed by atoms with van der Waals surface area (Å²) in [6.07, 6.45) is 5.37. The van der Waals surface area contributed by atoms with Crippen molar-refractivity contribution in [1.29, 1.82) is 0 Å². The average Bonchev–Trinajstić information content (AvgIpc) is 2.90. The first-order chi connectivity index (χ1) is 8.26. The lowest BCUT2D eigenvalue weighted by atomic mass is 9.97. The highest BCUT2D eigenvalue weighted by Crippen LogP contribution is 2.43. The molecule has 0 saturated heterocycles. The third-order valence-corrected chi connectivity index (χ3v) is 4.82. The molecule has 0 amide bonds. The van der Waals surface area contributed by atoms with Crippen molar-refractivity contribution in [1.82, 2.24) is 0 Å². The summed E-state index contributed by atoms with van der Waals surface area (Å²) in [6, 6.07) is 6.19. The standard InChI is InChI=1S/C14H19BrO2/c1-16-12-8-7-11(9-13(12)17-2)14(15)10-5-3-4-6-10/h7-10,14H,3-6H2,1-2H3. The third kappa shape index (κ3) is 2.76. The minimum atomic E-state index is 0.435. The van der Waals surface area contributed by atoms with Crippen LogP contribution in [0.4, 0.5) is 0 Å². The zero-order valence-electron chi connectivity index (χ0n) is 10.4. The number of halogens is 1. The molecule has 1 aliphatic carbocycles. The Kier molecular flexibility index (Phi) is 4.32. The topological polar surface area (TPSA) is 18.5 Å². The van der Waals surface area contributed by atoms with Gasteiger partial charge in [0.05, 0.1) is 14.2 Å². The summed E-state index contributed by atoms with van der Waals surface area (Å²) < 4.78 is 10.6. The maximum atomic E-state index is 5.34. The number of rotatable bonds is 4. The summed E-state index contributed by atoms with van der Waals surface area (Å²) in [6.45, 7) is 0. The Morgan fingerprint density at radius 3 is 2.35 bits per heavy atom. The van der Waals surface area contributed by atoms with Gasteiger partial charge in [-0.1, -0.05) is 34.8 Å². The first kappa shape index (κ1) is 12.7. The molecule has 1 aromatic carbocycles. The molecule has 2 rings (SSSR count). The van der Waals surface area contributed by atoms with Gasteiger partial charge in [0.25, 0.3) is 0 Å².